The van der Waals surface area contributed by atoms with E-state index in [1.807, 2.05) is 0 Å². The van der Waals surface area contributed by atoms with Crippen molar-refractivity contribution in [3.05, 3.63) is 63.0 Å². The van der Waals surface area contributed by atoms with Crippen LogP contribution >= 0.6 is 0 Å². The van der Waals surface area contributed by atoms with Crippen LogP contribution in [0.3, 0.4) is 0 Å². The molecule has 4 rings (SSSR count). The quantitative estimate of drug-likeness (QED) is 0.527. The fourth-order valence-corrected chi connectivity index (χ4v) is 4.75. The zero-order chi connectivity index (χ0) is 25.3. The minimum absolute atomic E-state index is 0.0105. The number of benzene rings is 1. The van der Waals surface area contributed by atoms with Crippen LogP contribution in [0.25, 0.3) is 11.0 Å². The van der Waals surface area contributed by atoms with Gasteiger partial charge in [0, 0.05) is 37.7 Å². The summed E-state index contributed by atoms with van der Waals surface area (Å²) in [6, 6.07) is 5.63. The number of anilines is 1. The number of pyridine rings is 1. The van der Waals surface area contributed by atoms with Crippen LogP contribution in [0.2, 0.25) is 0 Å². The highest BCUT2D eigenvalue weighted by Crippen LogP contribution is 2.36. The lowest BCUT2D eigenvalue weighted by atomic mass is 9.78. The first kappa shape index (κ1) is 24.7. The van der Waals surface area contributed by atoms with Crippen LogP contribution in [0.1, 0.15) is 60.5 Å². The molecular weight excluding hydrogens is 459 g/mol. The van der Waals surface area contributed by atoms with Crippen LogP contribution in [0, 0.1) is 18.7 Å². The van der Waals surface area contributed by atoms with E-state index in [9.17, 15) is 22.8 Å². The van der Waals surface area contributed by atoms with Crippen molar-refractivity contribution >= 4 is 22.8 Å². The number of H-pyrrole nitrogens is 1. The highest BCUT2D eigenvalue weighted by molar-refractivity contribution is 5.87. The zero-order valence-electron chi connectivity index (χ0n) is 19.9. The molecule has 0 radical (unpaired) electrons. The molecule has 0 atom stereocenters. The topological polar surface area (TPSA) is 91.0 Å². The van der Waals surface area contributed by atoms with Crippen molar-refractivity contribution < 1.29 is 18.0 Å². The van der Waals surface area contributed by atoms with Gasteiger partial charge in [-0.2, -0.15) is 0 Å². The molecule has 1 aromatic carbocycles. The summed E-state index contributed by atoms with van der Waals surface area (Å²) in [6.45, 7) is 1.60. The van der Waals surface area contributed by atoms with Crippen LogP contribution in [0.4, 0.5) is 19.0 Å². The van der Waals surface area contributed by atoms with Crippen LogP contribution in [-0.2, 0) is 11.3 Å². The Morgan fingerprint density at radius 2 is 1.91 bits per heavy atom. The van der Waals surface area contributed by atoms with Crippen molar-refractivity contribution in [2.24, 2.45) is 5.92 Å². The first-order valence-corrected chi connectivity index (χ1v) is 11.6. The third-order valence-electron chi connectivity index (χ3n) is 6.60. The van der Waals surface area contributed by atoms with E-state index in [0.717, 1.165) is 6.07 Å². The molecular formula is C25H28F3N5O2. The van der Waals surface area contributed by atoms with Crippen LogP contribution < -0.4 is 10.9 Å². The summed E-state index contributed by atoms with van der Waals surface area (Å²) in [5.41, 5.74) is 0.130. The van der Waals surface area contributed by atoms with Gasteiger partial charge in [0.25, 0.3) is 12.0 Å². The lowest BCUT2D eigenvalue weighted by Crippen LogP contribution is -2.32. The molecule has 3 aromatic rings. The molecule has 1 fully saturated rings. The second-order valence-corrected chi connectivity index (χ2v) is 9.19. The molecule has 0 spiro atoms. The van der Waals surface area contributed by atoms with Gasteiger partial charge in [0.1, 0.15) is 23.1 Å². The number of nitrogens with one attached hydrogen (secondary N) is 2. The van der Waals surface area contributed by atoms with Crippen LogP contribution in [0.15, 0.2) is 29.1 Å². The number of carbonyl (C=O) groups is 1. The number of fused-ring (bicyclic) bond motifs is 1. The van der Waals surface area contributed by atoms with Crippen LogP contribution in [-0.4, -0.2) is 39.9 Å². The summed E-state index contributed by atoms with van der Waals surface area (Å²) in [7, 11) is 3.49. The van der Waals surface area contributed by atoms with E-state index < -0.39 is 17.8 Å². The number of aromatic amines is 1. The molecule has 0 unspecified atom stereocenters. The second-order valence-electron chi connectivity index (χ2n) is 9.19. The first-order valence-electron chi connectivity index (χ1n) is 11.6. The number of hydrogen-bond acceptors (Lipinski definition) is 5. The van der Waals surface area contributed by atoms with Crippen LogP contribution in [0.5, 0.6) is 0 Å². The number of halogens is 3. The van der Waals surface area contributed by atoms with Gasteiger partial charge in [-0.25, -0.2) is 23.1 Å². The van der Waals surface area contributed by atoms with Crippen molar-refractivity contribution in [3.63, 3.8) is 0 Å². The Balaban J connectivity index is 1.61. The normalized spacial score (nSPS) is 18.1. The van der Waals surface area contributed by atoms with Gasteiger partial charge in [-0.1, -0.05) is 18.2 Å². The Hall–Kier alpha value is -3.43. The minimum Gasteiger partial charge on any atom is -0.365 e. The first-order chi connectivity index (χ1) is 16.7. The molecule has 2 heterocycles. The van der Waals surface area contributed by atoms with E-state index in [1.165, 1.54) is 12.1 Å². The summed E-state index contributed by atoms with van der Waals surface area (Å²) in [6.07, 6.45) is -0.0873. The number of aromatic nitrogens is 3. The number of hydrogen-bond donors (Lipinski definition) is 2. The standard InChI is InChI=1S/C25H28F3N5O2/c1-13-30-22(29-12-16-5-4-6-17(20(16)26)21(27)28)19-11-18(24(34)32-23(19)31-13)14-7-9-15(10-8-14)25(35)33(2)3/h4-6,11,14-15,21H,7-10,12H2,1-3H3,(H2,29,30,31,32,34). The summed E-state index contributed by atoms with van der Waals surface area (Å²) in [4.78, 5) is 38.3. The van der Waals surface area contributed by atoms with Crippen molar-refractivity contribution in [2.45, 2.75) is 51.5 Å². The van der Waals surface area contributed by atoms with E-state index in [-0.39, 0.29) is 35.4 Å². The lowest BCUT2D eigenvalue weighted by molar-refractivity contribution is -0.134. The summed E-state index contributed by atoms with van der Waals surface area (Å²) < 4.78 is 40.6. The Morgan fingerprint density at radius 1 is 1.20 bits per heavy atom. The molecule has 1 amide bonds. The number of carbonyl (C=O) groups excluding carboxylic acids is 1. The van der Waals surface area contributed by atoms with Gasteiger partial charge in [0.05, 0.1) is 10.9 Å². The van der Waals surface area contributed by atoms with Gasteiger partial charge in [0.15, 0.2) is 0 Å². The molecule has 7 nitrogen and oxygen atoms in total. The SMILES string of the molecule is Cc1nc(NCc2cccc(C(F)F)c2F)c2cc(C3CCC(C(=O)N(C)C)CC3)c(=O)[nH]c2n1. The van der Waals surface area contributed by atoms with Gasteiger partial charge in [-0.3, -0.25) is 9.59 Å². The van der Waals surface area contributed by atoms with Crippen molar-refractivity contribution in [1.82, 2.24) is 19.9 Å². The maximum Gasteiger partial charge on any atom is 0.266 e. The third kappa shape index (κ3) is 5.16. The highest BCUT2D eigenvalue weighted by atomic mass is 19.3. The molecule has 10 heteroatoms. The Bertz CT molecular complexity index is 1300. The summed E-state index contributed by atoms with van der Waals surface area (Å²) >= 11 is 0. The average molecular weight is 488 g/mol. The largest absolute Gasteiger partial charge is 0.365 e. The molecule has 186 valence electrons. The average Bonchev–Trinajstić information content (AvgIpc) is 2.82. The lowest BCUT2D eigenvalue weighted by Gasteiger charge is -2.29. The van der Waals surface area contributed by atoms with E-state index in [1.54, 1.807) is 32.0 Å². The van der Waals surface area contributed by atoms with E-state index in [0.29, 0.717) is 53.9 Å². The highest BCUT2D eigenvalue weighted by Gasteiger charge is 2.29. The Kier molecular flexibility index (Phi) is 7.09. The van der Waals surface area contributed by atoms with Crippen molar-refractivity contribution in [1.29, 1.82) is 0 Å². The molecule has 2 N–H and O–H groups in total. The molecule has 0 aliphatic heterocycles. The van der Waals surface area contributed by atoms with Gasteiger partial charge >= 0.3 is 0 Å². The molecule has 1 aliphatic carbocycles. The number of nitrogens with zero attached hydrogens (tertiary/aromatic N) is 3. The van der Waals surface area contributed by atoms with E-state index in [4.69, 9.17) is 0 Å². The maximum atomic E-state index is 14.5. The van der Waals surface area contributed by atoms with E-state index >= 15 is 0 Å². The molecule has 2 aromatic heterocycles. The van der Waals surface area contributed by atoms with Gasteiger partial charge < -0.3 is 15.2 Å². The molecule has 0 bridgehead atoms. The predicted molar refractivity (Wildman–Crippen MR) is 127 cm³/mol. The molecule has 35 heavy (non-hydrogen) atoms. The summed E-state index contributed by atoms with van der Waals surface area (Å²) in [5, 5.41) is 3.59. The molecule has 1 aliphatic rings. The number of rotatable bonds is 6. The Morgan fingerprint density at radius 3 is 2.57 bits per heavy atom. The fourth-order valence-electron chi connectivity index (χ4n) is 4.75. The fraction of sp³-hybridized carbons (Fsp3) is 0.440. The second kappa shape index (κ2) is 10.1. The predicted octanol–water partition coefficient (Wildman–Crippen LogP) is 4.68. The zero-order valence-corrected chi connectivity index (χ0v) is 19.9. The van der Waals surface area contributed by atoms with Gasteiger partial charge in [0.2, 0.25) is 5.91 Å². The number of alkyl halides is 2. The van der Waals surface area contributed by atoms with Crippen molar-refractivity contribution in [3.8, 4) is 0 Å². The minimum atomic E-state index is -2.91. The maximum absolute atomic E-state index is 14.5. The number of amides is 1. The van der Waals surface area contributed by atoms with Crippen molar-refractivity contribution in [2.75, 3.05) is 19.4 Å². The van der Waals surface area contributed by atoms with Gasteiger partial charge in [-0.05, 0) is 44.6 Å². The monoisotopic (exact) mass is 487 g/mol. The smallest absolute Gasteiger partial charge is 0.266 e. The molecule has 0 saturated heterocycles. The van der Waals surface area contributed by atoms with Gasteiger partial charge in [-0.15, -0.1) is 0 Å². The molecule has 1 saturated carbocycles. The third-order valence-corrected chi connectivity index (χ3v) is 6.60. The van der Waals surface area contributed by atoms with E-state index in [2.05, 4.69) is 20.3 Å². The Labute approximate surface area is 200 Å². The number of aryl methyl sites for hydroxylation is 1. The summed E-state index contributed by atoms with van der Waals surface area (Å²) in [5.74, 6) is -0.125.